The maximum Gasteiger partial charge on any atom is 0.354 e. The lowest BCUT2D eigenvalue weighted by Gasteiger charge is -2.11. The van der Waals surface area contributed by atoms with Gasteiger partial charge in [-0.25, -0.2) is 14.8 Å². The summed E-state index contributed by atoms with van der Waals surface area (Å²) in [7, 11) is 1.50. The average molecular weight is 274 g/mol. The van der Waals surface area contributed by atoms with Crippen LogP contribution < -0.4 is 9.47 Å². The predicted octanol–water partition coefficient (Wildman–Crippen LogP) is 2.25. The van der Waals surface area contributed by atoms with Gasteiger partial charge in [-0.15, -0.1) is 0 Å². The van der Waals surface area contributed by atoms with Gasteiger partial charge in [0.05, 0.1) is 19.3 Å². The van der Waals surface area contributed by atoms with Crippen LogP contribution in [0.2, 0.25) is 0 Å². The molecule has 0 atom stereocenters. The van der Waals surface area contributed by atoms with Gasteiger partial charge < -0.3 is 14.6 Å². The fourth-order valence-corrected chi connectivity index (χ4v) is 1.75. The van der Waals surface area contributed by atoms with Gasteiger partial charge in [0.1, 0.15) is 17.1 Å². The van der Waals surface area contributed by atoms with Crippen LogP contribution in [-0.2, 0) is 0 Å². The molecule has 0 spiro atoms. The molecule has 2 heterocycles. The van der Waals surface area contributed by atoms with Gasteiger partial charge in [-0.05, 0) is 31.2 Å². The van der Waals surface area contributed by atoms with E-state index in [4.69, 9.17) is 14.6 Å². The van der Waals surface area contributed by atoms with Crippen molar-refractivity contribution in [1.29, 1.82) is 0 Å². The van der Waals surface area contributed by atoms with E-state index < -0.39 is 5.97 Å². The normalized spacial score (nSPS) is 10.1. The highest BCUT2D eigenvalue weighted by Gasteiger charge is 2.16. The van der Waals surface area contributed by atoms with E-state index in [1.54, 1.807) is 24.4 Å². The Labute approximate surface area is 116 Å². The van der Waals surface area contributed by atoms with E-state index in [2.05, 4.69) is 9.97 Å². The Morgan fingerprint density at radius 3 is 2.80 bits per heavy atom. The van der Waals surface area contributed by atoms with Crippen molar-refractivity contribution in [2.45, 2.75) is 6.92 Å². The molecule has 0 aliphatic carbocycles. The van der Waals surface area contributed by atoms with Gasteiger partial charge in [0, 0.05) is 6.20 Å². The summed E-state index contributed by atoms with van der Waals surface area (Å²) in [5.41, 5.74) is 0.922. The van der Waals surface area contributed by atoms with Crippen molar-refractivity contribution in [3.05, 3.63) is 36.2 Å². The number of ether oxygens (including phenoxy) is 2. The van der Waals surface area contributed by atoms with Crippen LogP contribution in [0.4, 0.5) is 0 Å². The molecule has 0 saturated heterocycles. The van der Waals surface area contributed by atoms with E-state index in [0.717, 1.165) is 0 Å². The molecule has 104 valence electrons. The van der Waals surface area contributed by atoms with Crippen molar-refractivity contribution in [2.24, 2.45) is 0 Å². The lowest BCUT2D eigenvalue weighted by Crippen LogP contribution is -2.04. The Balaban J connectivity index is 2.61. The van der Waals surface area contributed by atoms with Crippen molar-refractivity contribution in [3.8, 4) is 22.9 Å². The minimum absolute atomic E-state index is 0.0629. The molecule has 0 bridgehead atoms. The highest BCUT2D eigenvalue weighted by molar-refractivity contribution is 5.87. The van der Waals surface area contributed by atoms with Crippen LogP contribution in [0.25, 0.3) is 11.3 Å². The van der Waals surface area contributed by atoms with Crippen LogP contribution in [0.3, 0.4) is 0 Å². The summed E-state index contributed by atoms with van der Waals surface area (Å²) in [6, 6.07) is 6.44. The number of pyridine rings is 2. The lowest BCUT2D eigenvalue weighted by molar-refractivity contribution is 0.0690. The molecule has 0 radical (unpaired) electrons. The Bertz CT molecular complexity index is 628. The molecule has 2 aromatic rings. The lowest BCUT2D eigenvalue weighted by atomic mass is 10.1. The minimum Gasteiger partial charge on any atom is -0.494 e. The maximum atomic E-state index is 11.0. The highest BCUT2D eigenvalue weighted by atomic mass is 16.5. The third-order valence-corrected chi connectivity index (χ3v) is 2.60. The zero-order valence-corrected chi connectivity index (χ0v) is 11.2. The molecule has 0 aromatic carbocycles. The van der Waals surface area contributed by atoms with Crippen molar-refractivity contribution in [1.82, 2.24) is 9.97 Å². The van der Waals surface area contributed by atoms with Crippen LogP contribution in [0.5, 0.6) is 11.6 Å². The second-order valence-corrected chi connectivity index (χ2v) is 3.84. The maximum absolute atomic E-state index is 11.0. The van der Waals surface area contributed by atoms with Crippen molar-refractivity contribution < 1.29 is 19.4 Å². The van der Waals surface area contributed by atoms with Gasteiger partial charge in [-0.3, -0.25) is 0 Å². The van der Waals surface area contributed by atoms with E-state index in [1.807, 2.05) is 6.92 Å². The van der Waals surface area contributed by atoms with Gasteiger partial charge in [0.2, 0.25) is 5.88 Å². The van der Waals surface area contributed by atoms with E-state index in [1.165, 1.54) is 13.2 Å². The summed E-state index contributed by atoms with van der Waals surface area (Å²) < 4.78 is 10.7. The van der Waals surface area contributed by atoms with E-state index in [0.29, 0.717) is 29.5 Å². The summed E-state index contributed by atoms with van der Waals surface area (Å²) in [6.07, 6.45) is 1.60. The zero-order valence-electron chi connectivity index (χ0n) is 11.2. The van der Waals surface area contributed by atoms with Crippen molar-refractivity contribution >= 4 is 5.97 Å². The van der Waals surface area contributed by atoms with Crippen LogP contribution in [0.1, 0.15) is 17.4 Å². The van der Waals surface area contributed by atoms with Gasteiger partial charge >= 0.3 is 5.97 Å². The molecule has 2 aromatic heterocycles. The topological polar surface area (TPSA) is 81.5 Å². The molecule has 0 aliphatic rings. The average Bonchev–Trinajstić information content (AvgIpc) is 2.47. The molecule has 0 fully saturated rings. The standard InChI is InChI=1S/C14H14N2O4/c1-3-20-13-9(5-4-8-15-13)12-11(19-2)7-6-10(16-12)14(17)18/h4-8H,3H2,1-2H3,(H,17,18). The molecule has 20 heavy (non-hydrogen) atoms. The Morgan fingerprint density at radius 1 is 1.35 bits per heavy atom. The first-order chi connectivity index (χ1) is 9.67. The first kappa shape index (κ1) is 13.8. The Kier molecular flexibility index (Phi) is 4.14. The smallest absolute Gasteiger partial charge is 0.354 e. The monoisotopic (exact) mass is 274 g/mol. The Hall–Kier alpha value is -2.63. The molecule has 6 heteroatoms. The summed E-state index contributed by atoms with van der Waals surface area (Å²) in [6.45, 7) is 2.29. The van der Waals surface area contributed by atoms with Crippen LogP contribution in [-0.4, -0.2) is 34.8 Å². The molecule has 0 aliphatic heterocycles. The summed E-state index contributed by atoms with van der Waals surface area (Å²) >= 11 is 0. The number of hydrogen-bond acceptors (Lipinski definition) is 5. The largest absolute Gasteiger partial charge is 0.494 e. The molecule has 1 N–H and O–H groups in total. The van der Waals surface area contributed by atoms with E-state index >= 15 is 0 Å². The van der Waals surface area contributed by atoms with Crippen molar-refractivity contribution in [2.75, 3.05) is 13.7 Å². The molecule has 2 rings (SSSR count). The summed E-state index contributed by atoms with van der Waals surface area (Å²) in [5, 5.41) is 9.04. The minimum atomic E-state index is -1.10. The first-order valence-corrected chi connectivity index (χ1v) is 6.04. The number of methoxy groups -OCH3 is 1. The molecule has 0 saturated carbocycles. The Morgan fingerprint density at radius 2 is 2.15 bits per heavy atom. The van der Waals surface area contributed by atoms with Crippen LogP contribution in [0, 0.1) is 0 Å². The SMILES string of the molecule is CCOc1ncccc1-c1nc(C(=O)O)ccc1OC. The van der Waals surface area contributed by atoms with Gasteiger partial charge in [0.25, 0.3) is 0 Å². The molecular formula is C14H14N2O4. The molecule has 0 amide bonds. The number of aromatic carboxylic acids is 1. The molecule has 0 unspecified atom stereocenters. The third kappa shape index (κ3) is 2.69. The van der Waals surface area contributed by atoms with Crippen LogP contribution >= 0.6 is 0 Å². The van der Waals surface area contributed by atoms with Gasteiger partial charge in [-0.2, -0.15) is 0 Å². The first-order valence-electron chi connectivity index (χ1n) is 6.04. The van der Waals surface area contributed by atoms with Crippen molar-refractivity contribution in [3.63, 3.8) is 0 Å². The second kappa shape index (κ2) is 6.01. The second-order valence-electron chi connectivity index (χ2n) is 3.84. The number of carboxylic acids is 1. The summed E-state index contributed by atoms with van der Waals surface area (Å²) in [5.74, 6) is -0.247. The predicted molar refractivity (Wildman–Crippen MR) is 72.1 cm³/mol. The van der Waals surface area contributed by atoms with Gasteiger partial charge in [-0.1, -0.05) is 0 Å². The third-order valence-electron chi connectivity index (χ3n) is 2.60. The number of carbonyl (C=O) groups is 1. The molecule has 6 nitrogen and oxygen atoms in total. The molecular weight excluding hydrogens is 260 g/mol. The number of carboxylic acid groups (broad SMARTS) is 1. The van der Waals surface area contributed by atoms with E-state index in [-0.39, 0.29) is 5.69 Å². The number of hydrogen-bond donors (Lipinski definition) is 1. The quantitative estimate of drug-likeness (QED) is 0.900. The fraction of sp³-hybridized carbons (Fsp3) is 0.214. The number of rotatable bonds is 5. The fourth-order valence-electron chi connectivity index (χ4n) is 1.75. The summed E-state index contributed by atoms with van der Waals surface area (Å²) in [4.78, 5) is 19.3. The van der Waals surface area contributed by atoms with Gasteiger partial charge in [0.15, 0.2) is 0 Å². The van der Waals surface area contributed by atoms with Crippen LogP contribution in [0.15, 0.2) is 30.5 Å². The van der Waals surface area contributed by atoms with E-state index in [9.17, 15) is 4.79 Å². The zero-order chi connectivity index (χ0) is 14.5. The highest BCUT2D eigenvalue weighted by Crippen LogP contribution is 2.33. The number of aromatic nitrogens is 2. The number of nitrogens with zero attached hydrogens (tertiary/aromatic N) is 2.